The third-order valence-corrected chi connectivity index (χ3v) is 3.55. The van der Waals surface area contributed by atoms with Gasteiger partial charge in [0.1, 0.15) is 11.6 Å². The first-order valence-corrected chi connectivity index (χ1v) is 7.83. The largest absolute Gasteiger partial charge is 0.363 e. The first-order valence-electron chi connectivity index (χ1n) is 6.03. The van der Waals surface area contributed by atoms with Gasteiger partial charge in [-0.1, -0.05) is 6.07 Å². The van der Waals surface area contributed by atoms with Crippen molar-refractivity contribution < 1.29 is 8.78 Å². The summed E-state index contributed by atoms with van der Waals surface area (Å²) in [5.41, 5.74) is 0.398. The van der Waals surface area contributed by atoms with Gasteiger partial charge in [0.25, 0.3) is 0 Å². The van der Waals surface area contributed by atoms with Crippen LogP contribution in [0.15, 0.2) is 18.2 Å². The number of hydrogen-bond acceptors (Lipinski definition) is 2. The van der Waals surface area contributed by atoms with Gasteiger partial charge in [-0.25, -0.2) is 8.78 Å². The summed E-state index contributed by atoms with van der Waals surface area (Å²) in [6.07, 6.45) is 3.07. The van der Waals surface area contributed by atoms with Crippen LogP contribution in [-0.4, -0.2) is 23.7 Å². The summed E-state index contributed by atoms with van der Waals surface area (Å²) in [4.78, 5) is 0. The van der Waals surface area contributed by atoms with E-state index in [0.717, 1.165) is 24.8 Å². The lowest BCUT2D eigenvalue weighted by Gasteiger charge is -2.17. The molecule has 0 aliphatic carbocycles. The topological polar surface area (TPSA) is 24.1 Å². The first kappa shape index (κ1) is 16.2. The third kappa shape index (κ3) is 5.74. The van der Waals surface area contributed by atoms with Crippen LogP contribution in [0.4, 0.5) is 8.78 Å². The molecular weight excluding hydrogens is 286 g/mol. The Morgan fingerprint density at radius 2 is 2.16 bits per heavy atom. The van der Waals surface area contributed by atoms with Crippen molar-refractivity contribution in [1.82, 2.24) is 10.6 Å². The maximum absolute atomic E-state index is 13.6. The number of thioether (sulfide) groups is 1. The van der Waals surface area contributed by atoms with Gasteiger partial charge in [0.05, 0.1) is 6.04 Å². The summed E-state index contributed by atoms with van der Waals surface area (Å²) in [6.45, 7) is 2.57. The van der Waals surface area contributed by atoms with Crippen molar-refractivity contribution >= 4 is 29.1 Å². The van der Waals surface area contributed by atoms with Gasteiger partial charge < -0.3 is 10.6 Å². The lowest BCUT2D eigenvalue weighted by atomic mass is 10.1. The fourth-order valence-corrected chi connectivity index (χ4v) is 2.31. The minimum atomic E-state index is -0.578. The van der Waals surface area contributed by atoms with Crippen LogP contribution in [-0.2, 0) is 0 Å². The van der Waals surface area contributed by atoms with Gasteiger partial charge in [-0.2, -0.15) is 11.8 Å². The quantitative estimate of drug-likeness (QED) is 0.622. The molecule has 1 aromatic rings. The van der Waals surface area contributed by atoms with Crippen molar-refractivity contribution in [3.63, 3.8) is 0 Å². The molecule has 1 aromatic carbocycles. The standard InChI is InChI=1S/C13H18F2N2S2/c1-9(11-5-4-10(14)8-12(11)15)17-13(18)16-6-3-7-19-2/h4-5,8-9H,3,6-7H2,1-2H3,(H2,16,17,18)/t9-/m1/s1. The monoisotopic (exact) mass is 304 g/mol. The average Bonchev–Trinajstić information content (AvgIpc) is 2.34. The minimum Gasteiger partial charge on any atom is -0.363 e. The maximum atomic E-state index is 13.6. The van der Waals surface area contributed by atoms with E-state index >= 15 is 0 Å². The number of halogens is 2. The van der Waals surface area contributed by atoms with Crippen LogP contribution in [0.25, 0.3) is 0 Å². The molecule has 0 unspecified atom stereocenters. The van der Waals surface area contributed by atoms with Gasteiger partial charge in [0.15, 0.2) is 5.11 Å². The van der Waals surface area contributed by atoms with Gasteiger partial charge in [-0.3, -0.25) is 0 Å². The molecule has 0 spiro atoms. The zero-order valence-corrected chi connectivity index (χ0v) is 12.6. The van der Waals surface area contributed by atoms with Crippen LogP contribution in [0.3, 0.4) is 0 Å². The molecule has 0 saturated heterocycles. The number of hydrogen-bond donors (Lipinski definition) is 2. The van der Waals surface area contributed by atoms with Crippen molar-refractivity contribution in [2.75, 3.05) is 18.6 Å². The highest BCUT2D eigenvalue weighted by molar-refractivity contribution is 7.98. The number of benzene rings is 1. The summed E-state index contributed by atoms with van der Waals surface area (Å²) in [6, 6.07) is 3.24. The maximum Gasteiger partial charge on any atom is 0.166 e. The van der Waals surface area contributed by atoms with Crippen molar-refractivity contribution in [2.45, 2.75) is 19.4 Å². The molecule has 1 rings (SSSR count). The SMILES string of the molecule is CSCCCNC(=S)N[C@H](C)c1ccc(F)cc1F. The van der Waals surface area contributed by atoms with Crippen LogP contribution in [0.1, 0.15) is 24.9 Å². The van der Waals surface area contributed by atoms with E-state index in [2.05, 4.69) is 16.9 Å². The summed E-state index contributed by atoms with van der Waals surface area (Å²) < 4.78 is 26.4. The molecule has 19 heavy (non-hydrogen) atoms. The fourth-order valence-electron chi connectivity index (χ4n) is 1.60. The first-order chi connectivity index (χ1) is 9.04. The molecule has 0 aromatic heterocycles. The molecule has 0 aliphatic heterocycles. The van der Waals surface area contributed by atoms with E-state index in [1.807, 2.05) is 0 Å². The van der Waals surface area contributed by atoms with E-state index in [4.69, 9.17) is 12.2 Å². The summed E-state index contributed by atoms with van der Waals surface area (Å²) in [7, 11) is 0. The number of rotatable bonds is 6. The molecule has 0 fully saturated rings. The van der Waals surface area contributed by atoms with Crippen LogP contribution < -0.4 is 10.6 Å². The highest BCUT2D eigenvalue weighted by Gasteiger charge is 2.12. The van der Waals surface area contributed by atoms with Crippen LogP contribution in [0.5, 0.6) is 0 Å². The Morgan fingerprint density at radius 3 is 2.79 bits per heavy atom. The van der Waals surface area contributed by atoms with Crippen molar-refractivity contribution in [1.29, 1.82) is 0 Å². The van der Waals surface area contributed by atoms with E-state index in [-0.39, 0.29) is 6.04 Å². The van der Waals surface area contributed by atoms with E-state index in [0.29, 0.717) is 10.7 Å². The zero-order valence-electron chi connectivity index (χ0n) is 11.0. The Kier molecular flexibility index (Phi) is 7.09. The predicted octanol–water partition coefficient (Wildman–Crippen LogP) is 3.24. The zero-order chi connectivity index (χ0) is 14.3. The van der Waals surface area contributed by atoms with Gasteiger partial charge in [-0.05, 0) is 43.6 Å². The van der Waals surface area contributed by atoms with Gasteiger partial charge in [0.2, 0.25) is 0 Å². The second-order valence-electron chi connectivity index (χ2n) is 4.13. The highest BCUT2D eigenvalue weighted by Crippen LogP contribution is 2.17. The second-order valence-corrected chi connectivity index (χ2v) is 5.53. The molecule has 0 amide bonds. The Hall–Kier alpha value is -0.880. The molecule has 6 heteroatoms. The molecule has 2 nitrogen and oxygen atoms in total. The van der Waals surface area contributed by atoms with Gasteiger partial charge >= 0.3 is 0 Å². The Bertz CT molecular complexity index is 427. The van der Waals surface area contributed by atoms with Crippen LogP contribution >= 0.6 is 24.0 Å². The normalized spacial score (nSPS) is 12.0. The Balaban J connectivity index is 2.45. The van der Waals surface area contributed by atoms with E-state index < -0.39 is 11.6 Å². The second kappa shape index (κ2) is 8.32. The molecule has 0 bridgehead atoms. The summed E-state index contributed by atoms with van der Waals surface area (Å²) >= 11 is 6.90. The molecule has 0 aliphatic rings. The van der Waals surface area contributed by atoms with Crippen molar-refractivity contribution in [3.8, 4) is 0 Å². The van der Waals surface area contributed by atoms with Crippen LogP contribution in [0, 0.1) is 11.6 Å². The third-order valence-electron chi connectivity index (χ3n) is 2.59. The molecule has 0 saturated carbocycles. The predicted molar refractivity (Wildman–Crippen MR) is 81.5 cm³/mol. The summed E-state index contributed by atoms with van der Waals surface area (Å²) in [5, 5.41) is 6.53. The van der Waals surface area contributed by atoms with E-state index in [9.17, 15) is 8.78 Å². The number of nitrogens with one attached hydrogen (secondary N) is 2. The molecule has 2 N–H and O–H groups in total. The lowest BCUT2D eigenvalue weighted by Crippen LogP contribution is -2.37. The van der Waals surface area contributed by atoms with E-state index in [1.54, 1.807) is 18.7 Å². The molecular formula is C13H18F2N2S2. The highest BCUT2D eigenvalue weighted by atomic mass is 32.2. The van der Waals surface area contributed by atoms with Crippen LogP contribution in [0.2, 0.25) is 0 Å². The smallest absolute Gasteiger partial charge is 0.166 e. The fraction of sp³-hybridized carbons (Fsp3) is 0.462. The molecule has 1 atom stereocenters. The Morgan fingerprint density at radius 1 is 1.42 bits per heavy atom. The van der Waals surface area contributed by atoms with Crippen molar-refractivity contribution in [2.24, 2.45) is 0 Å². The van der Waals surface area contributed by atoms with Gasteiger partial charge in [-0.15, -0.1) is 0 Å². The van der Waals surface area contributed by atoms with Crippen molar-refractivity contribution in [3.05, 3.63) is 35.4 Å². The van der Waals surface area contributed by atoms with Gasteiger partial charge in [0, 0.05) is 18.2 Å². The minimum absolute atomic E-state index is 0.304. The Labute approximate surface area is 122 Å². The van der Waals surface area contributed by atoms with E-state index in [1.165, 1.54) is 12.1 Å². The number of thiocarbonyl (C=S) groups is 1. The molecule has 0 radical (unpaired) electrons. The molecule has 106 valence electrons. The molecule has 0 heterocycles. The summed E-state index contributed by atoms with van der Waals surface area (Å²) in [5.74, 6) is -0.0750. The average molecular weight is 304 g/mol. The lowest BCUT2D eigenvalue weighted by molar-refractivity contribution is 0.552.